The van der Waals surface area contributed by atoms with Crippen molar-refractivity contribution in [3.8, 4) is 5.75 Å². The topological polar surface area (TPSA) is 9.23 Å². The lowest BCUT2D eigenvalue weighted by atomic mass is 9.85. The third-order valence-electron chi connectivity index (χ3n) is 2.37. The van der Waals surface area contributed by atoms with Crippen LogP contribution in [-0.2, 0) is 5.41 Å². The molecular formula is C12H17BF3O-. The molecule has 0 heterocycles. The number of benzene rings is 1. The molecule has 0 aromatic heterocycles. The van der Waals surface area contributed by atoms with Gasteiger partial charge in [-0.25, -0.2) is 0 Å². The smallest absolute Gasteiger partial charge is 0.515 e. The number of halogens is 3. The summed E-state index contributed by atoms with van der Waals surface area (Å²) >= 11 is 0. The zero-order valence-electron chi connectivity index (χ0n) is 10.6. The van der Waals surface area contributed by atoms with Crippen LogP contribution in [0.4, 0.5) is 12.9 Å². The maximum Gasteiger partial charge on any atom is 0.515 e. The summed E-state index contributed by atoms with van der Waals surface area (Å²) < 4.78 is 41.4. The van der Waals surface area contributed by atoms with E-state index in [1.165, 1.54) is 0 Å². The molecule has 0 aliphatic heterocycles. The summed E-state index contributed by atoms with van der Waals surface area (Å²) in [5.41, 5.74) is 1.58. The minimum absolute atomic E-state index is 0.236. The summed E-state index contributed by atoms with van der Waals surface area (Å²) in [5, 5.41) is 0. The molecule has 1 nitrogen and oxygen atoms in total. The summed E-state index contributed by atoms with van der Waals surface area (Å²) in [4.78, 5) is 0. The molecule has 0 unspecified atom stereocenters. The molecule has 1 aromatic rings. The van der Waals surface area contributed by atoms with Crippen molar-refractivity contribution in [3.63, 3.8) is 0 Å². The molecule has 0 amide bonds. The van der Waals surface area contributed by atoms with E-state index >= 15 is 0 Å². The fraction of sp³-hybridized carbons (Fsp3) is 0.500. The molecule has 0 fully saturated rings. The summed E-state index contributed by atoms with van der Waals surface area (Å²) in [6.07, 6.45) is 0. The normalized spacial score (nSPS) is 12.6. The van der Waals surface area contributed by atoms with Gasteiger partial charge in [0.05, 0.1) is 6.51 Å². The number of aryl methyl sites for hydroxylation is 1. The first-order valence-electron chi connectivity index (χ1n) is 5.54. The van der Waals surface area contributed by atoms with Crippen molar-refractivity contribution in [3.05, 3.63) is 29.3 Å². The highest BCUT2D eigenvalue weighted by Crippen LogP contribution is 2.32. The third kappa shape index (κ3) is 4.33. The van der Waals surface area contributed by atoms with E-state index in [0.29, 0.717) is 5.75 Å². The Morgan fingerprint density at radius 3 is 2.24 bits per heavy atom. The molecule has 1 aromatic carbocycles. The van der Waals surface area contributed by atoms with Crippen LogP contribution in [0, 0.1) is 6.92 Å². The first-order chi connectivity index (χ1) is 7.59. The lowest BCUT2D eigenvalue weighted by Gasteiger charge is -2.25. The van der Waals surface area contributed by atoms with Crippen LogP contribution in [0.1, 0.15) is 31.9 Å². The van der Waals surface area contributed by atoms with E-state index in [-0.39, 0.29) is 5.41 Å². The van der Waals surface area contributed by atoms with E-state index in [2.05, 4.69) is 0 Å². The van der Waals surface area contributed by atoms with Gasteiger partial charge in [0.2, 0.25) is 0 Å². The lowest BCUT2D eigenvalue weighted by molar-refractivity contribution is 0.306. The second-order valence-electron chi connectivity index (χ2n) is 5.27. The van der Waals surface area contributed by atoms with Crippen LogP contribution in [0.3, 0.4) is 0 Å². The van der Waals surface area contributed by atoms with Gasteiger partial charge in [0.1, 0.15) is 5.75 Å². The molecule has 0 spiro atoms. The van der Waals surface area contributed by atoms with E-state index < -0.39 is 13.5 Å². The van der Waals surface area contributed by atoms with Gasteiger partial charge < -0.3 is 17.7 Å². The van der Waals surface area contributed by atoms with Gasteiger partial charge in [0, 0.05) is 0 Å². The van der Waals surface area contributed by atoms with Gasteiger partial charge in [-0.1, -0.05) is 38.5 Å². The highest BCUT2D eigenvalue weighted by atomic mass is 19.4. The summed E-state index contributed by atoms with van der Waals surface area (Å²) in [7, 11) is 0. The molecule has 0 saturated heterocycles. The van der Waals surface area contributed by atoms with Crippen molar-refractivity contribution in [2.45, 2.75) is 33.1 Å². The predicted octanol–water partition coefficient (Wildman–Crippen LogP) is 4.06. The minimum Gasteiger partial charge on any atom is -0.521 e. The third-order valence-corrected chi connectivity index (χ3v) is 2.37. The monoisotopic (exact) mass is 245 g/mol. The molecule has 0 radical (unpaired) electrons. The Morgan fingerprint density at radius 2 is 1.76 bits per heavy atom. The van der Waals surface area contributed by atoms with Crippen molar-refractivity contribution >= 4 is 6.98 Å². The first-order valence-corrected chi connectivity index (χ1v) is 5.54. The molecule has 0 aliphatic rings. The van der Waals surface area contributed by atoms with Crippen LogP contribution in [0.5, 0.6) is 5.75 Å². The average Bonchev–Trinajstić information content (AvgIpc) is 2.13. The number of hydrogen-bond acceptors (Lipinski definition) is 1. The van der Waals surface area contributed by atoms with Crippen LogP contribution < -0.4 is 4.74 Å². The molecular weight excluding hydrogens is 228 g/mol. The molecule has 0 saturated carbocycles. The Hall–Kier alpha value is -1.13. The van der Waals surface area contributed by atoms with Gasteiger partial charge in [0.15, 0.2) is 0 Å². The molecule has 5 heteroatoms. The van der Waals surface area contributed by atoms with Crippen LogP contribution in [0.2, 0.25) is 0 Å². The maximum absolute atomic E-state index is 12.2. The Bertz CT molecular complexity index is 394. The zero-order chi connectivity index (χ0) is 13.3. The second kappa shape index (κ2) is 4.63. The van der Waals surface area contributed by atoms with Crippen LogP contribution in [0.15, 0.2) is 18.2 Å². The van der Waals surface area contributed by atoms with E-state index in [9.17, 15) is 12.9 Å². The second-order valence-corrected chi connectivity index (χ2v) is 5.27. The Morgan fingerprint density at radius 1 is 1.18 bits per heavy atom. The fourth-order valence-electron chi connectivity index (χ4n) is 1.54. The number of ether oxygens (including phenoxy) is 1. The van der Waals surface area contributed by atoms with Crippen LogP contribution >= 0.6 is 0 Å². The average molecular weight is 245 g/mol. The first kappa shape index (κ1) is 13.9. The summed E-state index contributed by atoms with van der Waals surface area (Å²) in [5.74, 6) is 0.322. The summed E-state index contributed by atoms with van der Waals surface area (Å²) in [6.45, 7) is 1.66. The Labute approximate surface area is 100 Å². The molecule has 0 bridgehead atoms. The van der Waals surface area contributed by atoms with Crippen molar-refractivity contribution in [1.29, 1.82) is 0 Å². The predicted molar refractivity (Wildman–Crippen MR) is 64.5 cm³/mol. The molecule has 0 atom stereocenters. The van der Waals surface area contributed by atoms with Gasteiger partial charge in [0.25, 0.3) is 0 Å². The molecule has 0 aliphatic carbocycles. The summed E-state index contributed by atoms with van der Waals surface area (Å²) in [6, 6.07) is 5.24. The van der Waals surface area contributed by atoms with E-state index in [1.807, 2.05) is 33.8 Å². The molecule has 0 N–H and O–H groups in total. The highest BCUT2D eigenvalue weighted by Gasteiger charge is 2.26. The van der Waals surface area contributed by atoms with E-state index in [1.54, 1.807) is 12.1 Å². The molecule has 1 rings (SSSR count). The number of rotatable bonds is 3. The lowest BCUT2D eigenvalue weighted by Crippen LogP contribution is -2.27. The molecule has 17 heavy (non-hydrogen) atoms. The van der Waals surface area contributed by atoms with Crippen molar-refractivity contribution in [2.75, 3.05) is 6.51 Å². The van der Waals surface area contributed by atoms with Gasteiger partial charge in [-0.3, -0.25) is 0 Å². The minimum atomic E-state index is -4.91. The zero-order valence-corrected chi connectivity index (χ0v) is 10.6. The standard InChI is InChI=1S/C12H17BF3O/c1-9-5-6-11(17-8-13(14,15)16)10(7-9)12(2,3)4/h5-7H,8H2,1-4H3/q-1. The van der Waals surface area contributed by atoms with Crippen molar-refractivity contribution < 1.29 is 17.7 Å². The fourth-order valence-corrected chi connectivity index (χ4v) is 1.54. The molecule has 96 valence electrons. The number of hydrogen-bond donors (Lipinski definition) is 0. The van der Waals surface area contributed by atoms with Crippen molar-refractivity contribution in [1.82, 2.24) is 0 Å². The van der Waals surface area contributed by atoms with Gasteiger partial charge in [-0.2, -0.15) is 0 Å². The van der Waals surface area contributed by atoms with E-state index in [0.717, 1.165) is 11.1 Å². The quantitative estimate of drug-likeness (QED) is 0.729. The van der Waals surface area contributed by atoms with Crippen molar-refractivity contribution in [2.24, 2.45) is 0 Å². The van der Waals surface area contributed by atoms with Gasteiger partial charge >= 0.3 is 6.98 Å². The Balaban J connectivity index is 2.99. The Kier molecular flexibility index (Phi) is 3.79. The van der Waals surface area contributed by atoms with Gasteiger partial charge in [-0.05, 0) is 24.0 Å². The van der Waals surface area contributed by atoms with E-state index in [4.69, 9.17) is 4.74 Å². The maximum atomic E-state index is 12.2. The van der Waals surface area contributed by atoms with Gasteiger partial charge in [-0.15, -0.1) is 0 Å². The van der Waals surface area contributed by atoms with Crippen LogP contribution in [0.25, 0.3) is 0 Å². The van der Waals surface area contributed by atoms with Crippen LogP contribution in [-0.4, -0.2) is 13.5 Å². The highest BCUT2D eigenvalue weighted by molar-refractivity contribution is 6.58. The largest absolute Gasteiger partial charge is 0.521 e. The SMILES string of the molecule is Cc1ccc(OC[B-](F)(F)F)c(C(C)(C)C)c1.